The number of nitrogens with zero attached hydrogens (tertiary/aromatic N) is 3. The molecule has 0 aliphatic rings. The van der Waals surface area contributed by atoms with Gasteiger partial charge in [0.05, 0.1) is 0 Å². The standard InChI is InChI=1S/C24H28N5O6/c1-15(2)10-17(13-29(34)14-21-25-7-3-8-26-21)28-22(31)6-9-27-23(32)19-11-16-4-5-18(30)12-20(16)35-24(19)33/h3-5,7-8,11-12,15,17,30H,6,9-10,13-14H2,1-2H3,(H,27,32)(H,28,31)/q-1. The summed E-state index contributed by atoms with van der Waals surface area (Å²) in [5.41, 5.74) is -0.889. The molecular formula is C24H28N5O6-. The highest BCUT2D eigenvalue weighted by atomic mass is 16.5. The smallest absolute Gasteiger partial charge is 0.349 e. The van der Waals surface area contributed by atoms with Crippen LogP contribution in [0.1, 0.15) is 42.9 Å². The molecule has 3 aromatic rings. The van der Waals surface area contributed by atoms with Crippen LogP contribution >= 0.6 is 0 Å². The summed E-state index contributed by atoms with van der Waals surface area (Å²) in [6.07, 6.45) is 3.68. The molecule has 0 aliphatic carbocycles. The quantitative estimate of drug-likeness (QED) is 0.274. The fourth-order valence-corrected chi connectivity index (χ4v) is 3.57. The number of rotatable bonds is 11. The lowest BCUT2D eigenvalue weighted by Gasteiger charge is -2.33. The second-order valence-corrected chi connectivity index (χ2v) is 8.56. The number of aromatic hydroxyl groups is 1. The number of phenols is 1. The molecule has 0 saturated carbocycles. The largest absolute Gasteiger partial charge is 0.785 e. The van der Waals surface area contributed by atoms with Crippen LogP contribution in [0, 0.1) is 11.1 Å². The summed E-state index contributed by atoms with van der Waals surface area (Å²) in [6.45, 7) is 4.05. The van der Waals surface area contributed by atoms with Gasteiger partial charge < -0.3 is 30.4 Å². The number of hydrogen-bond donors (Lipinski definition) is 3. The maximum absolute atomic E-state index is 12.5. The molecule has 11 heteroatoms. The van der Waals surface area contributed by atoms with E-state index in [2.05, 4.69) is 20.6 Å². The van der Waals surface area contributed by atoms with Gasteiger partial charge >= 0.3 is 5.63 Å². The van der Waals surface area contributed by atoms with Crippen molar-refractivity contribution in [2.75, 3.05) is 13.1 Å². The Kier molecular flexibility index (Phi) is 8.87. The summed E-state index contributed by atoms with van der Waals surface area (Å²) in [5, 5.41) is 28.5. The van der Waals surface area contributed by atoms with Gasteiger partial charge in [0.15, 0.2) is 0 Å². The molecule has 0 spiro atoms. The van der Waals surface area contributed by atoms with Crippen LogP contribution < -0.4 is 16.3 Å². The molecule has 1 atom stereocenters. The van der Waals surface area contributed by atoms with Crippen molar-refractivity contribution in [3.8, 4) is 5.75 Å². The molecule has 0 fully saturated rings. The average Bonchev–Trinajstić information content (AvgIpc) is 2.78. The molecule has 2 amide bonds. The number of aromatic nitrogens is 2. The molecule has 0 aliphatic heterocycles. The number of carbonyl (C=O) groups is 2. The van der Waals surface area contributed by atoms with E-state index in [9.17, 15) is 24.7 Å². The lowest BCUT2D eigenvalue weighted by molar-refractivity contribution is -0.121. The highest BCUT2D eigenvalue weighted by Gasteiger charge is 2.17. The van der Waals surface area contributed by atoms with Crippen molar-refractivity contribution in [1.82, 2.24) is 25.7 Å². The number of amides is 2. The molecule has 35 heavy (non-hydrogen) atoms. The minimum Gasteiger partial charge on any atom is -0.785 e. The lowest BCUT2D eigenvalue weighted by atomic mass is 10.0. The SMILES string of the molecule is CC(C)CC(CN([O-])Cc1ncccn1)NC(=O)CCNC(=O)c1cc2ccc(O)cc2oc1=O. The summed E-state index contributed by atoms with van der Waals surface area (Å²) < 4.78 is 5.09. The normalized spacial score (nSPS) is 12.1. The van der Waals surface area contributed by atoms with E-state index in [1.54, 1.807) is 18.5 Å². The molecule has 0 radical (unpaired) electrons. The van der Waals surface area contributed by atoms with E-state index >= 15 is 0 Å². The zero-order valence-electron chi connectivity index (χ0n) is 19.6. The zero-order valence-corrected chi connectivity index (χ0v) is 19.6. The molecular weight excluding hydrogens is 454 g/mol. The number of fused-ring (bicyclic) bond motifs is 1. The number of hydrogen-bond acceptors (Lipinski definition) is 9. The van der Waals surface area contributed by atoms with Crippen LogP contribution in [0.4, 0.5) is 0 Å². The van der Waals surface area contributed by atoms with Gasteiger partial charge in [0.1, 0.15) is 22.7 Å². The van der Waals surface area contributed by atoms with Crippen molar-refractivity contribution in [2.24, 2.45) is 5.92 Å². The van der Waals surface area contributed by atoms with Gasteiger partial charge in [-0.25, -0.2) is 14.8 Å². The van der Waals surface area contributed by atoms with Crippen LogP contribution in [0.25, 0.3) is 11.0 Å². The van der Waals surface area contributed by atoms with E-state index < -0.39 is 11.5 Å². The Bertz CT molecular complexity index is 1210. The van der Waals surface area contributed by atoms with Crippen LogP contribution in [-0.2, 0) is 11.3 Å². The Morgan fingerprint density at radius 2 is 1.94 bits per heavy atom. The van der Waals surface area contributed by atoms with Gasteiger partial charge in [-0.1, -0.05) is 13.8 Å². The molecule has 3 rings (SSSR count). The highest BCUT2D eigenvalue weighted by molar-refractivity contribution is 5.96. The van der Waals surface area contributed by atoms with E-state index in [0.29, 0.717) is 17.6 Å². The topological polar surface area (TPSA) is 161 Å². The molecule has 2 heterocycles. The van der Waals surface area contributed by atoms with Gasteiger partial charge in [0.25, 0.3) is 5.91 Å². The van der Waals surface area contributed by atoms with Crippen LogP contribution in [0.5, 0.6) is 5.75 Å². The van der Waals surface area contributed by atoms with E-state index in [1.165, 1.54) is 24.3 Å². The van der Waals surface area contributed by atoms with E-state index in [0.717, 1.165) is 5.06 Å². The van der Waals surface area contributed by atoms with Crippen molar-refractivity contribution >= 4 is 22.8 Å². The first kappa shape index (κ1) is 25.8. The molecule has 1 unspecified atom stereocenters. The van der Waals surface area contributed by atoms with Crippen LogP contribution in [-0.4, -0.2) is 51.1 Å². The van der Waals surface area contributed by atoms with Crippen LogP contribution in [0.15, 0.2) is 51.9 Å². The van der Waals surface area contributed by atoms with Gasteiger partial charge in [-0.3, -0.25) is 9.59 Å². The Hall–Kier alpha value is -3.83. The molecule has 1 aromatic carbocycles. The van der Waals surface area contributed by atoms with E-state index in [1.807, 2.05) is 13.8 Å². The Labute approximate surface area is 201 Å². The Balaban J connectivity index is 1.52. The first-order valence-corrected chi connectivity index (χ1v) is 11.2. The third-order valence-corrected chi connectivity index (χ3v) is 5.08. The van der Waals surface area contributed by atoms with Crippen molar-refractivity contribution in [3.63, 3.8) is 0 Å². The fraction of sp³-hybridized carbons (Fsp3) is 0.375. The summed E-state index contributed by atoms with van der Waals surface area (Å²) in [6, 6.07) is 6.87. The predicted octanol–water partition coefficient (Wildman–Crippen LogP) is 1.94. The summed E-state index contributed by atoms with van der Waals surface area (Å²) in [7, 11) is 0. The van der Waals surface area contributed by atoms with Crippen molar-refractivity contribution in [1.29, 1.82) is 0 Å². The van der Waals surface area contributed by atoms with Gasteiger partial charge in [-0.15, -0.1) is 0 Å². The second kappa shape index (κ2) is 12.0. The molecule has 2 aromatic heterocycles. The Morgan fingerprint density at radius 1 is 1.20 bits per heavy atom. The second-order valence-electron chi connectivity index (χ2n) is 8.56. The van der Waals surface area contributed by atoms with Crippen LogP contribution in [0.2, 0.25) is 0 Å². The van der Waals surface area contributed by atoms with Gasteiger partial charge in [0, 0.05) is 55.9 Å². The zero-order chi connectivity index (χ0) is 25.4. The molecule has 3 N–H and O–H groups in total. The van der Waals surface area contributed by atoms with Crippen LogP contribution in [0.3, 0.4) is 0 Å². The number of phenolic OH excluding ortho intramolecular Hbond substituents is 1. The number of nitrogens with one attached hydrogen (secondary N) is 2. The third-order valence-electron chi connectivity index (χ3n) is 5.08. The minimum absolute atomic E-state index is 0.00886. The number of carbonyl (C=O) groups excluding carboxylic acids is 2. The number of hydroxylamine groups is 2. The highest BCUT2D eigenvalue weighted by Crippen LogP contribution is 2.19. The van der Waals surface area contributed by atoms with Gasteiger partial charge in [0.2, 0.25) is 5.91 Å². The predicted molar refractivity (Wildman–Crippen MR) is 128 cm³/mol. The van der Waals surface area contributed by atoms with Crippen molar-refractivity contribution < 1.29 is 19.1 Å². The maximum Gasteiger partial charge on any atom is 0.349 e. The molecule has 11 nitrogen and oxygen atoms in total. The number of benzene rings is 1. The first-order valence-electron chi connectivity index (χ1n) is 11.2. The summed E-state index contributed by atoms with van der Waals surface area (Å²) >= 11 is 0. The van der Waals surface area contributed by atoms with E-state index in [-0.39, 0.29) is 60.8 Å². The van der Waals surface area contributed by atoms with Crippen molar-refractivity contribution in [2.45, 2.75) is 39.3 Å². The monoisotopic (exact) mass is 482 g/mol. The molecule has 0 saturated heterocycles. The van der Waals surface area contributed by atoms with Gasteiger partial charge in [-0.05, 0) is 36.6 Å². The van der Waals surface area contributed by atoms with E-state index in [4.69, 9.17) is 4.42 Å². The summed E-state index contributed by atoms with van der Waals surface area (Å²) in [4.78, 5) is 45.1. The third kappa shape index (κ3) is 7.87. The molecule has 0 bridgehead atoms. The fourth-order valence-electron chi connectivity index (χ4n) is 3.57. The minimum atomic E-state index is -0.847. The maximum atomic E-state index is 12.5. The summed E-state index contributed by atoms with van der Waals surface area (Å²) in [5.74, 6) is -0.423. The van der Waals surface area contributed by atoms with Crippen molar-refractivity contribution in [3.05, 3.63) is 69.7 Å². The first-order chi connectivity index (χ1) is 16.7. The van der Waals surface area contributed by atoms with Gasteiger partial charge in [-0.2, -0.15) is 0 Å². The average molecular weight is 483 g/mol. The lowest BCUT2D eigenvalue weighted by Crippen LogP contribution is -2.44. The molecule has 186 valence electrons. The Morgan fingerprint density at radius 3 is 2.66 bits per heavy atom.